The fraction of sp³-hybridized carbons (Fsp3) is 0.235. The highest BCUT2D eigenvalue weighted by Crippen LogP contribution is 2.27. The first kappa shape index (κ1) is 21.9. The van der Waals surface area contributed by atoms with E-state index in [1.807, 2.05) is 0 Å². The number of benzene rings is 1. The molecule has 0 fully saturated rings. The summed E-state index contributed by atoms with van der Waals surface area (Å²) in [4.78, 5) is 62.6. The summed E-state index contributed by atoms with van der Waals surface area (Å²) in [7, 11) is 2.75. The van der Waals surface area contributed by atoms with Crippen molar-refractivity contribution in [3.05, 3.63) is 60.0 Å². The van der Waals surface area contributed by atoms with Crippen molar-refractivity contribution in [2.75, 3.05) is 11.9 Å². The van der Waals surface area contributed by atoms with Gasteiger partial charge in [0.2, 0.25) is 0 Å². The number of non-ortho nitro benzene ring substituents is 1. The van der Waals surface area contributed by atoms with Gasteiger partial charge in [-0.3, -0.25) is 33.6 Å². The van der Waals surface area contributed by atoms with Gasteiger partial charge in [-0.15, -0.1) is 0 Å². The van der Waals surface area contributed by atoms with E-state index in [-0.39, 0.29) is 27.0 Å². The maximum atomic E-state index is 12.4. The van der Waals surface area contributed by atoms with Crippen LogP contribution in [-0.2, 0) is 35.0 Å². The summed E-state index contributed by atoms with van der Waals surface area (Å²) in [6, 6.07) is 3.77. The highest BCUT2D eigenvalue weighted by Gasteiger charge is 2.17. The Morgan fingerprint density at radius 2 is 1.97 bits per heavy atom. The lowest BCUT2D eigenvalue weighted by Gasteiger charge is -2.09. The lowest BCUT2D eigenvalue weighted by atomic mass is 10.3. The SMILES string of the molecule is Cn1c(=O)c2c(ncn2CC(=O)OCC(=O)Nc2ccc([N+](=O)[O-])cc2Br)n(C)c1=O. The van der Waals surface area contributed by atoms with Gasteiger partial charge in [0.15, 0.2) is 17.8 Å². The Labute approximate surface area is 181 Å². The zero-order chi connectivity index (χ0) is 22.9. The Hall–Kier alpha value is -3.81. The third kappa shape index (κ3) is 4.37. The topological polar surface area (TPSA) is 160 Å². The quantitative estimate of drug-likeness (QED) is 0.290. The van der Waals surface area contributed by atoms with Crippen molar-refractivity contribution in [3.8, 4) is 0 Å². The van der Waals surface area contributed by atoms with Gasteiger partial charge in [0.25, 0.3) is 17.2 Å². The van der Waals surface area contributed by atoms with Crippen LogP contribution in [0.5, 0.6) is 0 Å². The molecule has 0 bridgehead atoms. The van der Waals surface area contributed by atoms with Crippen molar-refractivity contribution in [2.24, 2.45) is 14.1 Å². The lowest BCUT2D eigenvalue weighted by molar-refractivity contribution is -0.384. The molecule has 0 radical (unpaired) electrons. The first-order valence-electron chi connectivity index (χ1n) is 8.60. The molecule has 3 rings (SSSR count). The predicted molar refractivity (Wildman–Crippen MR) is 111 cm³/mol. The Balaban J connectivity index is 1.66. The highest BCUT2D eigenvalue weighted by molar-refractivity contribution is 9.10. The van der Waals surface area contributed by atoms with Crippen LogP contribution in [0.15, 0.2) is 38.6 Å². The monoisotopic (exact) mass is 494 g/mol. The van der Waals surface area contributed by atoms with Gasteiger partial charge in [0.1, 0.15) is 6.54 Å². The zero-order valence-corrected chi connectivity index (χ0v) is 17.8. The number of aryl methyl sites for hydroxylation is 1. The molecule has 2 heterocycles. The van der Waals surface area contributed by atoms with E-state index in [1.165, 1.54) is 47.8 Å². The number of anilines is 1. The molecule has 0 unspecified atom stereocenters. The number of nitrogens with zero attached hydrogens (tertiary/aromatic N) is 5. The molecule has 0 atom stereocenters. The van der Waals surface area contributed by atoms with Gasteiger partial charge in [-0.05, 0) is 22.0 Å². The van der Waals surface area contributed by atoms with Crippen molar-refractivity contribution >= 4 is 50.3 Å². The van der Waals surface area contributed by atoms with E-state index in [1.54, 1.807) is 0 Å². The number of carbonyl (C=O) groups is 2. The Morgan fingerprint density at radius 3 is 2.61 bits per heavy atom. The predicted octanol–water partition coefficient (Wildman–Crippen LogP) is 0.286. The van der Waals surface area contributed by atoms with Gasteiger partial charge in [-0.1, -0.05) is 0 Å². The number of hydrogen-bond donors (Lipinski definition) is 1. The summed E-state index contributed by atoms with van der Waals surface area (Å²) in [6.45, 7) is -1.02. The number of nitro groups is 1. The number of halogens is 1. The fourth-order valence-electron chi connectivity index (χ4n) is 2.75. The number of nitrogens with one attached hydrogen (secondary N) is 1. The molecule has 0 aliphatic carbocycles. The van der Waals surface area contributed by atoms with Gasteiger partial charge in [-0.25, -0.2) is 9.78 Å². The molecule has 0 saturated heterocycles. The molecule has 0 spiro atoms. The van der Waals surface area contributed by atoms with E-state index in [0.29, 0.717) is 0 Å². The second-order valence-electron chi connectivity index (χ2n) is 6.38. The molecular weight excluding hydrogens is 480 g/mol. The lowest BCUT2D eigenvalue weighted by Crippen LogP contribution is -2.37. The number of amides is 1. The van der Waals surface area contributed by atoms with E-state index in [0.717, 1.165) is 4.57 Å². The molecule has 14 heteroatoms. The standard InChI is InChI=1S/C17H15BrN6O7/c1-21-15-14(16(27)22(2)17(21)28)23(8-19-15)6-13(26)31-7-12(25)20-11-4-3-9(24(29)30)5-10(11)18/h3-5,8H,6-7H2,1-2H3,(H,20,25). The summed E-state index contributed by atoms with van der Waals surface area (Å²) in [6.07, 6.45) is 1.22. The van der Waals surface area contributed by atoms with Crippen molar-refractivity contribution in [2.45, 2.75) is 6.54 Å². The first-order chi connectivity index (χ1) is 14.6. The van der Waals surface area contributed by atoms with Gasteiger partial charge in [0, 0.05) is 30.7 Å². The molecular formula is C17H15BrN6O7. The summed E-state index contributed by atoms with van der Waals surface area (Å²) >= 11 is 3.12. The number of ether oxygens (including phenoxy) is 1. The van der Waals surface area contributed by atoms with Crippen LogP contribution in [0.25, 0.3) is 11.2 Å². The molecule has 162 valence electrons. The average Bonchev–Trinajstić information content (AvgIpc) is 3.14. The molecule has 2 aromatic heterocycles. The third-order valence-electron chi connectivity index (χ3n) is 4.32. The van der Waals surface area contributed by atoms with Crippen LogP contribution < -0.4 is 16.6 Å². The molecule has 3 aromatic rings. The Bertz CT molecular complexity index is 1340. The maximum absolute atomic E-state index is 12.4. The number of nitro benzene ring substituents is 1. The van der Waals surface area contributed by atoms with Crippen molar-refractivity contribution in [1.29, 1.82) is 0 Å². The highest BCUT2D eigenvalue weighted by atomic mass is 79.9. The van der Waals surface area contributed by atoms with Gasteiger partial charge in [-0.2, -0.15) is 0 Å². The van der Waals surface area contributed by atoms with E-state index in [2.05, 4.69) is 26.2 Å². The molecule has 1 aromatic carbocycles. The third-order valence-corrected chi connectivity index (χ3v) is 4.97. The first-order valence-corrected chi connectivity index (χ1v) is 9.39. The number of hydrogen-bond acceptors (Lipinski definition) is 8. The fourth-order valence-corrected chi connectivity index (χ4v) is 3.22. The summed E-state index contributed by atoms with van der Waals surface area (Å²) in [5.41, 5.74) is -0.921. The minimum absolute atomic E-state index is 0.0424. The summed E-state index contributed by atoms with van der Waals surface area (Å²) in [5, 5.41) is 13.2. The number of esters is 1. The molecule has 1 N–H and O–H groups in total. The molecule has 1 amide bonds. The number of carbonyl (C=O) groups excluding carboxylic acids is 2. The maximum Gasteiger partial charge on any atom is 0.332 e. The normalized spacial score (nSPS) is 10.8. The van der Waals surface area contributed by atoms with Crippen LogP contribution >= 0.6 is 15.9 Å². The van der Waals surface area contributed by atoms with Crippen LogP contribution in [0.2, 0.25) is 0 Å². The number of fused-ring (bicyclic) bond motifs is 1. The molecule has 31 heavy (non-hydrogen) atoms. The molecule has 13 nitrogen and oxygen atoms in total. The van der Waals surface area contributed by atoms with Gasteiger partial charge < -0.3 is 14.6 Å². The Morgan fingerprint density at radius 1 is 1.26 bits per heavy atom. The number of rotatable bonds is 6. The van der Waals surface area contributed by atoms with E-state index < -0.39 is 41.2 Å². The number of aromatic nitrogens is 4. The second kappa shape index (κ2) is 8.51. The van der Waals surface area contributed by atoms with Crippen LogP contribution in [0.4, 0.5) is 11.4 Å². The molecule has 0 aliphatic rings. The van der Waals surface area contributed by atoms with Crippen LogP contribution in [0, 0.1) is 10.1 Å². The van der Waals surface area contributed by atoms with Gasteiger partial charge in [0.05, 0.1) is 16.9 Å². The van der Waals surface area contributed by atoms with E-state index >= 15 is 0 Å². The van der Waals surface area contributed by atoms with Crippen LogP contribution in [0.1, 0.15) is 0 Å². The second-order valence-corrected chi connectivity index (χ2v) is 7.23. The summed E-state index contributed by atoms with van der Waals surface area (Å²) < 4.78 is 8.50. The average molecular weight is 495 g/mol. The van der Waals surface area contributed by atoms with Crippen molar-refractivity contribution < 1.29 is 19.2 Å². The van der Waals surface area contributed by atoms with E-state index in [9.17, 15) is 29.3 Å². The molecule has 0 aliphatic heterocycles. The van der Waals surface area contributed by atoms with Crippen molar-refractivity contribution in [1.82, 2.24) is 18.7 Å². The zero-order valence-electron chi connectivity index (χ0n) is 16.2. The van der Waals surface area contributed by atoms with Crippen LogP contribution in [0.3, 0.4) is 0 Å². The van der Waals surface area contributed by atoms with E-state index in [4.69, 9.17) is 4.74 Å². The smallest absolute Gasteiger partial charge is 0.332 e. The van der Waals surface area contributed by atoms with Crippen LogP contribution in [-0.4, -0.2) is 42.1 Å². The largest absolute Gasteiger partial charge is 0.454 e. The summed E-state index contributed by atoms with van der Waals surface area (Å²) in [5.74, 6) is -1.48. The minimum Gasteiger partial charge on any atom is -0.454 e. The van der Waals surface area contributed by atoms with Gasteiger partial charge >= 0.3 is 11.7 Å². The molecule has 0 saturated carbocycles. The number of imidazole rings is 1. The Kier molecular flexibility index (Phi) is 6.01. The minimum atomic E-state index is -0.812. The van der Waals surface area contributed by atoms with Crippen molar-refractivity contribution in [3.63, 3.8) is 0 Å².